The minimum atomic E-state index is -0.367. The van der Waals surface area contributed by atoms with Gasteiger partial charge in [0.05, 0.1) is 5.75 Å². The second-order valence-corrected chi connectivity index (χ2v) is 5.46. The van der Waals surface area contributed by atoms with Gasteiger partial charge < -0.3 is 11.5 Å². The Balaban J connectivity index is 2.13. The molecule has 0 aliphatic carbocycles. The van der Waals surface area contributed by atoms with Crippen LogP contribution in [0.3, 0.4) is 0 Å². The predicted molar refractivity (Wildman–Crippen MR) is 81.4 cm³/mol. The number of amides is 1. The average molecular weight is 294 g/mol. The summed E-state index contributed by atoms with van der Waals surface area (Å²) in [5.74, 6) is 0.794. The van der Waals surface area contributed by atoms with Gasteiger partial charge in [-0.1, -0.05) is 25.1 Å². The number of nitrogens with two attached hydrogens (primary N) is 2. The summed E-state index contributed by atoms with van der Waals surface area (Å²) in [7, 11) is 0. The third kappa shape index (κ3) is 3.38. The van der Waals surface area contributed by atoms with E-state index >= 15 is 0 Å². The van der Waals surface area contributed by atoms with E-state index in [1.165, 1.54) is 11.8 Å². The molecule has 1 amide bonds. The summed E-state index contributed by atoms with van der Waals surface area (Å²) in [5.41, 5.74) is 12.8. The number of thioether (sulfide) groups is 1. The highest BCUT2D eigenvalue weighted by molar-refractivity contribution is 8.15. The zero-order valence-corrected chi connectivity index (χ0v) is 12.4. The molecule has 0 fully saturated rings. The number of unbranched alkanes of at least 4 members (excludes halogenated alkanes) is 1. The Morgan fingerprint density at radius 3 is 2.80 bits per heavy atom. The molecule has 0 unspecified atom stereocenters. The molecule has 0 saturated carbocycles. The van der Waals surface area contributed by atoms with Crippen LogP contribution in [0.4, 0.5) is 11.8 Å². The Bertz CT molecular complexity index is 559. The van der Waals surface area contributed by atoms with E-state index in [2.05, 4.69) is 22.0 Å². The molecule has 20 heavy (non-hydrogen) atoms. The van der Waals surface area contributed by atoms with Gasteiger partial charge in [-0.2, -0.15) is 9.99 Å². The van der Waals surface area contributed by atoms with Gasteiger partial charge in [-0.3, -0.25) is 4.79 Å². The number of hydrogen-bond donors (Lipinski definition) is 2. The van der Waals surface area contributed by atoms with Crippen LogP contribution >= 0.6 is 11.8 Å². The first-order chi connectivity index (χ1) is 9.52. The van der Waals surface area contributed by atoms with Crippen molar-refractivity contribution in [2.75, 3.05) is 16.5 Å². The number of carbonyl (C=O) groups excluding carboxylic acids is 1. The van der Waals surface area contributed by atoms with E-state index < -0.39 is 0 Å². The van der Waals surface area contributed by atoms with Crippen LogP contribution in [-0.2, 0) is 11.2 Å². The van der Waals surface area contributed by atoms with Gasteiger partial charge in [0.15, 0.2) is 5.82 Å². The molecule has 0 bridgehead atoms. The summed E-state index contributed by atoms with van der Waals surface area (Å²) >= 11 is 1.30. The van der Waals surface area contributed by atoms with Crippen LogP contribution in [0.25, 0.3) is 0 Å². The zero-order valence-electron chi connectivity index (χ0n) is 11.6. The van der Waals surface area contributed by atoms with E-state index in [0.717, 1.165) is 41.5 Å². The molecule has 2 heterocycles. The number of amidine groups is 1. The van der Waals surface area contributed by atoms with Crippen molar-refractivity contribution in [1.29, 1.82) is 0 Å². The van der Waals surface area contributed by atoms with E-state index in [1.54, 1.807) is 5.01 Å². The summed E-state index contributed by atoms with van der Waals surface area (Å²) in [6, 6.07) is 0. The molecule has 4 N–H and O–H groups in total. The molecule has 1 aliphatic heterocycles. The molecule has 8 heteroatoms. The standard InChI is InChI=1S/C12H18N6OS/c1-3-4-5-8-7(2)15-11(14)16-10(8)18-12(17-18)20-6-9(13)19/h3-6H2,1-2H3,(H2,13,19)(H2,14,15,16). The third-order valence-electron chi connectivity index (χ3n) is 2.86. The Labute approximate surface area is 121 Å². The van der Waals surface area contributed by atoms with Crippen molar-refractivity contribution in [2.24, 2.45) is 10.8 Å². The van der Waals surface area contributed by atoms with Crippen LogP contribution in [-0.4, -0.2) is 26.8 Å². The number of rotatable bonds is 6. The summed E-state index contributed by atoms with van der Waals surface area (Å²) < 4.78 is 0. The van der Waals surface area contributed by atoms with Gasteiger partial charge in [-0.25, -0.2) is 4.98 Å². The maximum absolute atomic E-state index is 10.8. The number of anilines is 2. The highest BCUT2D eigenvalue weighted by Crippen LogP contribution is 2.32. The second kappa shape index (κ2) is 6.08. The van der Waals surface area contributed by atoms with Crippen LogP contribution in [0.1, 0.15) is 31.0 Å². The Hall–Kier alpha value is -1.83. The maximum atomic E-state index is 10.8. The topological polar surface area (TPSA) is 110 Å². The van der Waals surface area contributed by atoms with Crippen molar-refractivity contribution in [3.8, 4) is 0 Å². The molecular weight excluding hydrogens is 276 g/mol. The molecule has 0 aromatic carbocycles. The molecule has 108 valence electrons. The fraction of sp³-hybridized carbons (Fsp3) is 0.500. The lowest BCUT2D eigenvalue weighted by atomic mass is 10.1. The van der Waals surface area contributed by atoms with E-state index in [4.69, 9.17) is 11.5 Å². The number of aryl methyl sites for hydroxylation is 1. The van der Waals surface area contributed by atoms with E-state index in [0.29, 0.717) is 0 Å². The normalized spacial score (nSPS) is 13.3. The monoisotopic (exact) mass is 294 g/mol. The van der Waals surface area contributed by atoms with Crippen LogP contribution in [0.2, 0.25) is 0 Å². The van der Waals surface area contributed by atoms with Crippen LogP contribution < -0.4 is 16.5 Å². The summed E-state index contributed by atoms with van der Waals surface area (Å²) in [6.45, 7) is 4.06. The molecule has 7 nitrogen and oxygen atoms in total. The lowest BCUT2D eigenvalue weighted by Crippen LogP contribution is -2.16. The fourth-order valence-electron chi connectivity index (χ4n) is 1.85. The average Bonchev–Trinajstić information content (AvgIpc) is 3.14. The van der Waals surface area contributed by atoms with Crippen molar-refractivity contribution in [1.82, 2.24) is 9.97 Å². The van der Waals surface area contributed by atoms with Gasteiger partial charge in [0.2, 0.25) is 17.0 Å². The molecule has 0 saturated heterocycles. The molecular formula is C12H18N6OS. The zero-order chi connectivity index (χ0) is 14.7. The summed E-state index contributed by atoms with van der Waals surface area (Å²) in [5, 5.41) is 6.64. The summed E-state index contributed by atoms with van der Waals surface area (Å²) in [6.07, 6.45) is 3.03. The Kier molecular flexibility index (Phi) is 4.43. The van der Waals surface area contributed by atoms with Gasteiger partial charge >= 0.3 is 0 Å². The van der Waals surface area contributed by atoms with Crippen LogP contribution in [0, 0.1) is 6.92 Å². The van der Waals surface area contributed by atoms with Gasteiger partial charge in [-0.15, -0.1) is 5.10 Å². The van der Waals surface area contributed by atoms with Crippen molar-refractivity contribution < 1.29 is 4.79 Å². The van der Waals surface area contributed by atoms with Gasteiger partial charge in [0, 0.05) is 11.3 Å². The van der Waals surface area contributed by atoms with E-state index in [1.807, 2.05) is 6.92 Å². The number of nitrogen functional groups attached to an aromatic ring is 1. The first-order valence-corrected chi connectivity index (χ1v) is 7.44. The second-order valence-electron chi connectivity index (χ2n) is 4.52. The minimum Gasteiger partial charge on any atom is -0.369 e. The van der Waals surface area contributed by atoms with Crippen molar-refractivity contribution in [3.63, 3.8) is 0 Å². The van der Waals surface area contributed by atoms with Crippen molar-refractivity contribution >= 4 is 34.6 Å². The van der Waals surface area contributed by atoms with Crippen molar-refractivity contribution in [2.45, 2.75) is 33.1 Å². The molecule has 1 aliphatic rings. The number of hydrogen-bond acceptors (Lipinski definition) is 7. The van der Waals surface area contributed by atoms with Gasteiger partial charge in [0.1, 0.15) is 0 Å². The molecule has 0 radical (unpaired) electrons. The predicted octanol–water partition coefficient (Wildman–Crippen LogP) is 1.02. The maximum Gasteiger partial charge on any atom is 0.227 e. The van der Waals surface area contributed by atoms with Gasteiger partial charge in [-0.05, 0) is 19.8 Å². The Morgan fingerprint density at radius 1 is 1.40 bits per heavy atom. The largest absolute Gasteiger partial charge is 0.369 e. The molecule has 0 atom stereocenters. The summed E-state index contributed by atoms with van der Waals surface area (Å²) in [4.78, 5) is 19.3. The SMILES string of the molecule is CCCCc1c(C)nc(N)nc1N1N=C1SCC(N)=O. The number of aromatic nitrogens is 2. The first-order valence-electron chi connectivity index (χ1n) is 6.45. The highest BCUT2D eigenvalue weighted by atomic mass is 32.2. The van der Waals surface area contributed by atoms with Crippen LogP contribution in [0.5, 0.6) is 0 Å². The lowest BCUT2D eigenvalue weighted by molar-refractivity contribution is -0.115. The minimum absolute atomic E-state index is 0.208. The van der Waals surface area contributed by atoms with E-state index in [9.17, 15) is 4.79 Å². The molecule has 0 spiro atoms. The number of hydrazone groups is 1. The number of nitrogens with zero attached hydrogens (tertiary/aromatic N) is 4. The number of primary amides is 1. The fourth-order valence-corrected chi connectivity index (χ4v) is 2.47. The van der Waals surface area contributed by atoms with Crippen LogP contribution in [0.15, 0.2) is 5.10 Å². The lowest BCUT2D eigenvalue weighted by Gasteiger charge is -2.11. The third-order valence-corrected chi connectivity index (χ3v) is 3.80. The smallest absolute Gasteiger partial charge is 0.227 e. The highest BCUT2D eigenvalue weighted by Gasteiger charge is 2.31. The number of carbonyl (C=O) groups is 1. The first kappa shape index (κ1) is 14.6. The van der Waals surface area contributed by atoms with Crippen molar-refractivity contribution in [3.05, 3.63) is 11.3 Å². The molecule has 1 aromatic heterocycles. The van der Waals surface area contributed by atoms with Gasteiger partial charge in [0.25, 0.3) is 0 Å². The quantitative estimate of drug-likeness (QED) is 0.810. The van der Waals surface area contributed by atoms with E-state index in [-0.39, 0.29) is 17.6 Å². The Morgan fingerprint density at radius 2 is 2.15 bits per heavy atom. The molecule has 2 rings (SSSR count). The molecule has 1 aromatic rings.